The van der Waals surface area contributed by atoms with Crippen LogP contribution in [-0.4, -0.2) is 70.1 Å². The van der Waals surface area contributed by atoms with Crippen molar-refractivity contribution in [3.63, 3.8) is 0 Å². The number of aryl methyl sites for hydroxylation is 2. The van der Waals surface area contributed by atoms with Gasteiger partial charge in [-0.2, -0.15) is 14.5 Å². The third kappa shape index (κ3) is 4.33. The van der Waals surface area contributed by atoms with Crippen LogP contribution < -0.4 is 9.64 Å². The standard InChI is InChI=1S/C25H31N7O3S/c1-5-8-30-17-22(15-27-30)36(33,34)31-10-9-29(16-19(31)3)23-12-20-13-28-32(24(20)11-18(23)2)21-6-7-25(35-4)26-14-21/h6-7,11-15,17,19H,5,8-10,16H2,1-4H3. The first-order chi connectivity index (χ1) is 17.3. The van der Waals surface area contributed by atoms with Crippen LogP contribution in [0.15, 0.2) is 53.9 Å². The molecule has 190 valence electrons. The first kappa shape index (κ1) is 24.3. The maximum Gasteiger partial charge on any atom is 0.246 e. The molecule has 1 atom stereocenters. The van der Waals surface area contributed by atoms with Crippen LogP contribution in [0.1, 0.15) is 25.8 Å². The van der Waals surface area contributed by atoms with Crippen LogP contribution in [0.5, 0.6) is 5.88 Å². The zero-order valence-corrected chi connectivity index (χ0v) is 21.8. The molecule has 0 aliphatic carbocycles. The van der Waals surface area contributed by atoms with Gasteiger partial charge in [-0.25, -0.2) is 18.1 Å². The number of fused-ring (bicyclic) bond motifs is 1. The molecule has 0 saturated carbocycles. The number of anilines is 1. The maximum absolute atomic E-state index is 13.3. The predicted molar refractivity (Wildman–Crippen MR) is 138 cm³/mol. The number of nitrogens with zero attached hydrogens (tertiary/aromatic N) is 7. The Morgan fingerprint density at radius 1 is 1.11 bits per heavy atom. The summed E-state index contributed by atoms with van der Waals surface area (Å²) in [5.74, 6) is 0.554. The van der Waals surface area contributed by atoms with Crippen molar-refractivity contribution >= 4 is 26.6 Å². The van der Waals surface area contributed by atoms with Crippen molar-refractivity contribution in [3.8, 4) is 11.6 Å². The lowest BCUT2D eigenvalue weighted by Gasteiger charge is -2.40. The zero-order valence-electron chi connectivity index (χ0n) is 21.0. The lowest BCUT2D eigenvalue weighted by Crippen LogP contribution is -2.54. The Bertz CT molecular complexity index is 1480. The fraction of sp³-hybridized carbons (Fsp3) is 0.400. The van der Waals surface area contributed by atoms with Gasteiger partial charge in [0.2, 0.25) is 15.9 Å². The van der Waals surface area contributed by atoms with Gasteiger partial charge in [-0.15, -0.1) is 0 Å². The van der Waals surface area contributed by atoms with Crippen LogP contribution in [0.25, 0.3) is 16.6 Å². The highest BCUT2D eigenvalue weighted by Gasteiger charge is 2.35. The molecule has 0 bridgehead atoms. The van der Waals surface area contributed by atoms with E-state index >= 15 is 0 Å². The highest BCUT2D eigenvalue weighted by molar-refractivity contribution is 7.89. The number of hydrogen-bond acceptors (Lipinski definition) is 7. The van der Waals surface area contributed by atoms with Gasteiger partial charge in [-0.3, -0.25) is 4.68 Å². The largest absolute Gasteiger partial charge is 0.481 e. The number of ether oxygens (including phenoxy) is 1. The van der Waals surface area contributed by atoms with E-state index in [1.54, 1.807) is 28.5 Å². The maximum atomic E-state index is 13.3. The molecule has 4 aromatic rings. The first-order valence-corrected chi connectivity index (χ1v) is 13.5. The number of hydrogen-bond donors (Lipinski definition) is 0. The van der Waals surface area contributed by atoms with Crippen molar-refractivity contribution in [1.82, 2.24) is 28.9 Å². The summed E-state index contributed by atoms with van der Waals surface area (Å²) < 4.78 is 36.9. The van der Waals surface area contributed by atoms with Gasteiger partial charge in [-0.1, -0.05) is 6.92 Å². The van der Waals surface area contributed by atoms with Crippen LogP contribution in [0.2, 0.25) is 0 Å². The molecular weight excluding hydrogens is 478 g/mol. The zero-order chi connectivity index (χ0) is 25.4. The molecule has 1 aromatic carbocycles. The summed E-state index contributed by atoms with van der Waals surface area (Å²) in [5, 5.41) is 9.80. The van der Waals surface area contributed by atoms with Gasteiger partial charge in [0.15, 0.2) is 0 Å². The number of aromatic nitrogens is 5. The second-order valence-electron chi connectivity index (χ2n) is 9.16. The van der Waals surface area contributed by atoms with Crippen LogP contribution in [-0.2, 0) is 16.6 Å². The Morgan fingerprint density at radius 3 is 2.64 bits per heavy atom. The highest BCUT2D eigenvalue weighted by Crippen LogP contribution is 2.31. The van der Waals surface area contributed by atoms with Gasteiger partial charge in [-0.05, 0) is 44.0 Å². The molecule has 0 spiro atoms. The van der Waals surface area contributed by atoms with Crippen LogP contribution in [0, 0.1) is 6.92 Å². The fourth-order valence-corrected chi connectivity index (χ4v) is 6.38. The SMILES string of the molecule is CCCn1cc(S(=O)(=O)N2CCN(c3cc4cnn(-c5ccc(OC)nc5)c4cc3C)CC2C)cn1. The Morgan fingerprint density at radius 2 is 1.94 bits per heavy atom. The fourth-order valence-electron chi connectivity index (χ4n) is 4.81. The third-order valence-corrected chi connectivity index (χ3v) is 8.60. The Hall–Kier alpha value is -3.44. The molecule has 0 radical (unpaired) electrons. The molecule has 3 aromatic heterocycles. The number of piperazine rings is 1. The molecule has 0 N–H and O–H groups in total. The number of rotatable bonds is 7. The molecule has 1 unspecified atom stereocenters. The summed E-state index contributed by atoms with van der Waals surface area (Å²) in [6, 6.07) is 7.82. The van der Waals surface area contributed by atoms with Crippen molar-refractivity contribution in [2.24, 2.45) is 0 Å². The van der Waals surface area contributed by atoms with Gasteiger partial charge in [0.25, 0.3) is 0 Å². The van der Waals surface area contributed by atoms with E-state index in [1.165, 1.54) is 6.20 Å². The molecule has 1 fully saturated rings. The van der Waals surface area contributed by atoms with E-state index in [2.05, 4.69) is 39.1 Å². The van der Waals surface area contributed by atoms with Crippen LogP contribution in [0.3, 0.4) is 0 Å². The normalized spacial score (nSPS) is 17.1. The van der Waals surface area contributed by atoms with Gasteiger partial charge in [0.05, 0.1) is 36.9 Å². The minimum atomic E-state index is -3.60. The summed E-state index contributed by atoms with van der Waals surface area (Å²) in [5.41, 5.74) is 4.04. The van der Waals surface area contributed by atoms with Gasteiger partial charge < -0.3 is 9.64 Å². The smallest absolute Gasteiger partial charge is 0.246 e. The minimum absolute atomic E-state index is 0.179. The molecule has 1 aliphatic heterocycles. The molecule has 1 aliphatic rings. The summed E-state index contributed by atoms with van der Waals surface area (Å²) in [6.07, 6.45) is 7.57. The van der Waals surface area contributed by atoms with E-state index in [-0.39, 0.29) is 10.9 Å². The third-order valence-electron chi connectivity index (χ3n) is 6.64. The van der Waals surface area contributed by atoms with Crippen molar-refractivity contribution < 1.29 is 13.2 Å². The molecule has 4 heterocycles. The van der Waals surface area contributed by atoms with Crippen molar-refractivity contribution in [2.45, 2.75) is 44.7 Å². The second-order valence-corrected chi connectivity index (χ2v) is 11.1. The van der Waals surface area contributed by atoms with Crippen LogP contribution >= 0.6 is 0 Å². The number of sulfonamides is 1. The molecule has 36 heavy (non-hydrogen) atoms. The number of benzene rings is 1. The van der Waals surface area contributed by atoms with Gasteiger partial charge >= 0.3 is 0 Å². The predicted octanol–water partition coefficient (Wildman–Crippen LogP) is 3.24. The van der Waals surface area contributed by atoms with Crippen molar-refractivity contribution in [3.05, 3.63) is 54.6 Å². The Balaban J connectivity index is 1.37. The Labute approximate surface area is 211 Å². The highest BCUT2D eigenvalue weighted by atomic mass is 32.2. The summed E-state index contributed by atoms with van der Waals surface area (Å²) >= 11 is 0. The lowest BCUT2D eigenvalue weighted by molar-refractivity contribution is 0.306. The molecule has 11 heteroatoms. The number of methoxy groups -OCH3 is 1. The summed E-state index contributed by atoms with van der Waals surface area (Å²) in [7, 11) is -2.01. The molecule has 5 rings (SSSR count). The first-order valence-electron chi connectivity index (χ1n) is 12.1. The monoisotopic (exact) mass is 509 g/mol. The summed E-state index contributed by atoms with van der Waals surface area (Å²) in [4.78, 5) is 6.81. The van der Waals surface area contributed by atoms with E-state index in [4.69, 9.17) is 4.74 Å². The van der Waals surface area contributed by atoms with Crippen molar-refractivity contribution in [1.29, 1.82) is 0 Å². The summed E-state index contributed by atoms with van der Waals surface area (Å²) in [6.45, 7) is 8.40. The van der Waals surface area contributed by atoms with E-state index in [0.717, 1.165) is 34.3 Å². The van der Waals surface area contributed by atoms with E-state index < -0.39 is 10.0 Å². The molecular formula is C25H31N7O3S. The molecule has 0 amide bonds. The molecule has 1 saturated heterocycles. The number of pyridine rings is 1. The minimum Gasteiger partial charge on any atom is -0.481 e. The topological polar surface area (TPSA) is 98.4 Å². The van der Waals surface area contributed by atoms with E-state index in [1.807, 2.05) is 36.9 Å². The lowest BCUT2D eigenvalue weighted by atomic mass is 10.1. The van der Waals surface area contributed by atoms with E-state index in [0.29, 0.717) is 32.1 Å². The average molecular weight is 510 g/mol. The van der Waals surface area contributed by atoms with E-state index in [9.17, 15) is 8.42 Å². The van der Waals surface area contributed by atoms with Crippen LogP contribution in [0.4, 0.5) is 5.69 Å². The van der Waals surface area contributed by atoms with Crippen molar-refractivity contribution in [2.75, 3.05) is 31.6 Å². The second kappa shape index (κ2) is 9.55. The van der Waals surface area contributed by atoms with Gasteiger partial charge in [0.1, 0.15) is 4.90 Å². The van der Waals surface area contributed by atoms with Gasteiger partial charge in [0, 0.05) is 55.6 Å². The Kier molecular flexibility index (Phi) is 6.44. The molecule has 10 nitrogen and oxygen atoms in total. The quantitative estimate of drug-likeness (QED) is 0.377. The average Bonchev–Trinajstić information content (AvgIpc) is 3.51.